The van der Waals surface area contributed by atoms with Crippen molar-refractivity contribution in [3.05, 3.63) is 42.0 Å². The predicted octanol–water partition coefficient (Wildman–Crippen LogP) is 7.03. The maximum absolute atomic E-state index is 14.3. The van der Waals surface area contributed by atoms with E-state index in [4.69, 9.17) is 4.74 Å². The number of hydrogen-bond donors (Lipinski definition) is 2. The van der Waals surface area contributed by atoms with E-state index in [1.807, 2.05) is 38.1 Å². The van der Waals surface area contributed by atoms with Gasteiger partial charge in [0.05, 0.1) is 0 Å². The molecule has 0 radical (unpaired) electrons. The largest absolute Gasteiger partial charge is 0.444 e. The second kappa shape index (κ2) is 17.7. The first-order chi connectivity index (χ1) is 18.5. The van der Waals surface area contributed by atoms with Gasteiger partial charge < -0.3 is 20.3 Å². The highest BCUT2D eigenvalue weighted by molar-refractivity contribution is 5.92. The zero-order chi connectivity index (χ0) is 29.4. The SMILES string of the molecule is C=Cc1cccc(C(C(=O)NCCCC)N(CCCCCCC)C(=O)C(NC(=O)OC(C)(C)C)C(C)CC)c1. The van der Waals surface area contributed by atoms with E-state index >= 15 is 0 Å². The molecule has 0 aliphatic rings. The first kappa shape index (κ1) is 34.2. The van der Waals surface area contributed by atoms with Gasteiger partial charge in [0.25, 0.3) is 0 Å². The highest BCUT2D eigenvalue weighted by Crippen LogP contribution is 2.26. The number of benzene rings is 1. The maximum Gasteiger partial charge on any atom is 0.408 e. The molecule has 0 saturated carbocycles. The van der Waals surface area contributed by atoms with Gasteiger partial charge in [-0.3, -0.25) is 9.59 Å². The smallest absolute Gasteiger partial charge is 0.408 e. The van der Waals surface area contributed by atoms with Gasteiger partial charge >= 0.3 is 6.09 Å². The van der Waals surface area contributed by atoms with Gasteiger partial charge in [0, 0.05) is 13.1 Å². The molecule has 2 N–H and O–H groups in total. The first-order valence-electron chi connectivity index (χ1n) is 14.8. The fraction of sp³-hybridized carbons (Fsp3) is 0.656. The molecule has 0 aliphatic heterocycles. The third-order valence-electron chi connectivity index (χ3n) is 6.79. The van der Waals surface area contributed by atoms with Crippen LogP contribution in [0.3, 0.4) is 0 Å². The summed E-state index contributed by atoms with van der Waals surface area (Å²) < 4.78 is 5.50. The lowest BCUT2D eigenvalue weighted by Gasteiger charge is -2.36. The van der Waals surface area contributed by atoms with Gasteiger partial charge in [-0.1, -0.05) is 97.1 Å². The number of rotatable bonds is 17. The Hall–Kier alpha value is -2.83. The lowest BCUT2D eigenvalue weighted by Crippen LogP contribution is -2.55. The van der Waals surface area contributed by atoms with Crippen LogP contribution in [0.5, 0.6) is 0 Å². The number of unbranched alkanes of at least 4 members (excludes halogenated alkanes) is 5. The third kappa shape index (κ3) is 12.3. The summed E-state index contributed by atoms with van der Waals surface area (Å²) in [4.78, 5) is 42.5. The quantitative estimate of drug-likeness (QED) is 0.207. The summed E-state index contributed by atoms with van der Waals surface area (Å²) in [6, 6.07) is 5.95. The number of carbonyl (C=O) groups excluding carboxylic acids is 3. The number of ether oxygens (including phenoxy) is 1. The van der Waals surface area contributed by atoms with Crippen molar-refractivity contribution >= 4 is 24.0 Å². The minimum atomic E-state index is -0.826. The minimum Gasteiger partial charge on any atom is -0.444 e. The second-order valence-corrected chi connectivity index (χ2v) is 11.4. The molecule has 0 aromatic heterocycles. The normalized spacial score (nSPS) is 13.6. The third-order valence-corrected chi connectivity index (χ3v) is 6.79. The van der Waals surface area contributed by atoms with Crippen molar-refractivity contribution in [3.63, 3.8) is 0 Å². The molecule has 3 amide bonds. The molecular weight excluding hydrogens is 490 g/mol. The van der Waals surface area contributed by atoms with Crippen LogP contribution in [0.4, 0.5) is 4.79 Å². The van der Waals surface area contributed by atoms with Gasteiger partial charge in [0.1, 0.15) is 17.7 Å². The number of nitrogens with one attached hydrogen (secondary N) is 2. The molecule has 0 saturated heterocycles. The summed E-state index contributed by atoms with van der Waals surface area (Å²) in [5.41, 5.74) is 0.905. The van der Waals surface area contributed by atoms with E-state index in [2.05, 4.69) is 31.1 Å². The molecule has 3 atom stereocenters. The van der Waals surface area contributed by atoms with Crippen LogP contribution in [0.1, 0.15) is 117 Å². The fourth-order valence-electron chi connectivity index (χ4n) is 4.36. The van der Waals surface area contributed by atoms with Crippen LogP contribution in [-0.4, -0.2) is 47.5 Å². The van der Waals surface area contributed by atoms with Crippen LogP contribution < -0.4 is 10.6 Å². The summed E-state index contributed by atoms with van der Waals surface area (Å²) >= 11 is 0. The van der Waals surface area contributed by atoms with Crippen molar-refractivity contribution in [2.45, 2.75) is 118 Å². The molecule has 7 nitrogen and oxygen atoms in total. The first-order valence-corrected chi connectivity index (χ1v) is 14.8. The van der Waals surface area contributed by atoms with Gasteiger partial charge in [-0.05, 0) is 56.7 Å². The molecule has 1 rings (SSSR count). The zero-order valence-corrected chi connectivity index (χ0v) is 25.5. The Labute approximate surface area is 237 Å². The summed E-state index contributed by atoms with van der Waals surface area (Å²) in [6.07, 6.45) is 8.63. The Balaban J connectivity index is 3.51. The van der Waals surface area contributed by atoms with Gasteiger partial charge in [-0.15, -0.1) is 0 Å². The van der Waals surface area contributed by atoms with Crippen molar-refractivity contribution < 1.29 is 19.1 Å². The number of hydrogen-bond acceptors (Lipinski definition) is 4. The van der Waals surface area contributed by atoms with E-state index in [-0.39, 0.29) is 17.7 Å². The Kier molecular flexibility index (Phi) is 15.5. The van der Waals surface area contributed by atoms with Crippen molar-refractivity contribution in [1.82, 2.24) is 15.5 Å². The summed E-state index contributed by atoms with van der Waals surface area (Å²) in [7, 11) is 0. The highest BCUT2D eigenvalue weighted by Gasteiger charge is 2.37. The summed E-state index contributed by atoms with van der Waals surface area (Å²) in [5, 5.41) is 5.88. The highest BCUT2D eigenvalue weighted by atomic mass is 16.6. The lowest BCUT2D eigenvalue weighted by atomic mass is 9.95. The lowest BCUT2D eigenvalue weighted by molar-refractivity contribution is -0.143. The average molecular weight is 544 g/mol. The molecule has 0 fully saturated rings. The van der Waals surface area contributed by atoms with Crippen LogP contribution >= 0.6 is 0 Å². The molecule has 0 aliphatic carbocycles. The van der Waals surface area contributed by atoms with E-state index < -0.39 is 23.8 Å². The van der Waals surface area contributed by atoms with E-state index in [0.717, 1.165) is 56.1 Å². The van der Waals surface area contributed by atoms with Crippen LogP contribution in [0.2, 0.25) is 0 Å². The van der Waals surface area contributed by atoms with Crippen molar-refractivity contribution in [2.24, 2.45) is 5.92 Å². The molecule has 7 heteroatoms. The monoisotopic (exact) mass is 543 g/mol. The number of amides is 3. The molecule has 0 heterocycles. The zero-order valence-electron chi connectivity index (χ0n) is 25.5. The Morgan fingerprint density at radius 3 is 2.28 bits per heavy atom. The van der Waals surface area contributed by atoms with E-state index in [0.29, 0.717) is 19.5 Å². The van der Waals surface area contributed by atoms with Gasteiger partial charge in [-0.2, -0.15) is 0 Å². The Bertz CT molecular complexity index is 909. The fourth-order valence-corrected chi connectivity index (χ4v) is 4.36. The standard InChI is InChI=1S/C32H53N3O4/c1-9-13-15-16-17-22-35(30(37)27(24(5)11-3)34-31(38)39-32(6,7)8)28(29(36)33-21-14-10-2)26-20-18-19-25(12-4)23-26/h12,18-20,23-24,27-28H,4,9-11,13-17,21-22H2,1-3,5-8H3,(H,33,36)(H,34,38). The van der Waals surface area contributed by atoms with Gasteiger partial charge in [0.15, 0.2) is 0 Å². The second-order valence-electron chi connectivity index (χ2n) is 11.4. The molecule has 39 heavy (non-hydrogen) atoms. The van der Waals surface area contributed by atoms with Crippen LogP contribution in [-0.2, 0) is 14.3 Å². The van der Waals surface area contributed by atoms with Crippen LogP contribution in [0.25, 0.3) is 6.08 Å². The van der Waals surface area contributed by atoms with Gasteiger partial charge in [-0.25, -0.2) is 4.79 Å². The molecular formula is C32H53N3O4. The summed E-state index contributed by atoms with van der Waals surface area (Å²) in [6.45, 7) is 18.4. The van der Waals surface area contributed by atoms with Crippen molar-refractivity contribution in [1.29, 1.82) is 0 Å². The van der Waals surface area contributed by atoms with Gasteiger partial charge in [0.2, 0.25) is 11.8 Å². The van der Waals surface area contributed by atoms with Crippen LogP contribution in [0, 0.1) is 5.92 Å². The number of nitrogens with zero attached hydrogens (tertiary/aromatic N) is 1. The Morgan fingerprint density at radius 1 is 1.03 bits per heavy atom. The Morgan fingerprint density at radius 2 is 1.69 bits per heavy atom. The van der Waals surface area contributed by atoms with Crippen LogP contribution in [0.15, 0.2) is 30.8 Å². The van der Waals surface area contributed by atoms with Crippen molar-refractivity contribution in [3.8, 4) is 0 Å². The predicted molar refractivity (Wildman–Crippen MR) is 160 cm³/mol. The maximum atomic E-state index is 14.3. The topological polar surface area (TPSA) is 87.7 Å². The minimum absolute atomic E-state index is 0.157. The molecule has 1 aromatic carbocycles. The van der Waals surface area contributed by atoms with E-state index in [1.54, 1.807) is 31.7 Å². The van der Waals surface area contributed by atoms with E-state index in [9.17, 15) is 14.4 Å². The molecule has 0 bridgehead atoms. The molecule has 220 valence electrons. The molecule has 0 spiro atoms. The number of alkyl carbamates (subject to hydrolysis) is 1. The van der Waals surface area contributed by atoms with Crippen molar-refractivity contribution in [2.75, 3.05) is 13.1 Å². The summed E-state index contributed by atoms with van der Waals surface area (Å²) in [5.74, 6) is -0.645. The van der Waals surface area contributed by atoms with E-state index in [1.165, 1.54) is 0 Å². The number of carbonyl (C=O) groups is 3. The molecule has 1 aromatic rings. The average Bonchev–Trinajstić information content (AvgIpc) is 2.89. The molecule has 3 unspecified atom stereocenters.